The number of aldehydes is 1. The van der Waals surface area contributed by atoms with Crippen LogP contribution in [0.1, 0.15) is 28.4 Å². The minimum absolute atomic E-state index is 0.241. The molecule has 26 heavy (non-hydrogen) atoms. The number of nitrogens with one attached hydrogen (secondary N) is 1. The van der Waals surface area contributed by atoms with Crippen molar-refractivity contribution in [3.8, 4) is 0 Å². The molecule has 0 spiro atoms. The van der Waals surface area contributed by atoms with Crippen LogP contribution in [0.3, 0.4) is 0 Å². The van der Waals surface area contributed by atoms with E-state index in [1.165, 1.54) is 4.90 Å². The highest BCUT2D eigenvalue weighted by atomic mass is 19.3. The minimum atomic E-state index is -2.43. The average molecular weight is 359 g/mol. The van der Waals surface area contributed by atoms with Gasteiger partial charge in [0.15, 0.2) is 0 Å². The Morgan fingerprint density at radius 1 is 1.23 bits per heavy atom. The van der Waals surface area contributed by atoms with Gasteiger partial charge in [-0.3, -0.25) is 9.69 Å². The third-order valence-electron chi connectivity index (χ3n) is 3.98. The Bertz CT molecular complexity index is 776. The number of allylic oxidation sites excluding steroid dienone is 1. The molecule has 0 aliphatic heterocycles. The van der Waals surface area contributed by atoms with Crippen LogP contribution in [0.4, 0.5) is 14.5 Å². The standard InChI is InChI=1S/C20H23F2N3O/c1-14(24-18-6-4-3-5-7-18)20(23)15-8-9-16(13-26)17(10-15)11-25(2)12-19(21)22/h3-10,13,19,24H,11-12,23H2,1-2H3/b20-14-. The molecule has 2 aromatic carbocycles. The Labute approximate surface area is 152 Å². The summed E-state index contributed by atoms with van der Waals surface area (Å²) in [5.41, 5.74) is 10.3. The predicted molar refractivity (Wildman–Crippen MR) is 101 cm³/mol. The van der Waals surface area contributed by atoms with Crippen LogP contribution in [0, 0.1) is 0 Å². The van der Waals surface area contributed by atoms with E-state index in [1.807, 2.05) is 37.3 Å². The van der Waals surface area contributed by atoms with Gasteiger partial charge in [-0.15, -0.1) is 0 Å². The highest BCUT2D eigenvalue weighted by Crippen LogP contribution is 2.20. The van der Waals surface area contributed by atoms with Crippen LogP contribution in [0.25, 0.3) is 5.70 Å². The van der Waals surface area contributed by atoms with Crippen LogP contribution in [0.15, 0.2) is 54.2 Å². The van der Waals surface area contributed by atoms with Gasteiger partial charge in [-0.25, -0.2) is 8.78 Å². The number of nitrogens with zero attached hydrogens (tertiary/aromatic N) is 1. The first-order valence-electron chi connectivity index (χ1n) is 8.24. The maximum Gasteiger partial charge on any atom is 0.251 e. The maximum absolute atomic E-state index is 12.5. The smallest absolute Gasteiger partial charge is 0.251 e. The number of benzene rings is 2. The molecule has 0 fully saturated rings. The van der Waals surface area contributed by atoms with E-state index in [4.69, 9.17) is 5.73 Å². The SMILES string of the molecule is C/C(Nc1ccccc1)=C(/N)c1ccc(C=O)c(CN(C)CC(F)F)c1. The zero-order valence-corrected chi connectivity index (χ0v) is 14.9. The highest BCUT2D eigenvalue weighted by Gasteiger charge is 2.12. The Morgan fingerprint density at radius 3 is 2.54 bits per heavy atom. The van der Waals surface area contributed by atoms with Crippen molar-refractivity contribution in [1.29, 1.82) is 0 Å². The zero-order chi connectivity index (χ0) is 19.1. The fourth-order valence-corrected chi connectivity index (χ4v) is 2.64. The summed E-state index contributed by atoms with van der Waals surface area (Å²) in [5.74, 6) is 0. The number of carbonyl (C=O) groups is 1. The molecule has 0 saturated heterocycles. The van der Waals surface area contributed by atoms with Gasteiger partial charge in [-0.05, 0) is 43.3 Å². The summed E-state index contributed by atoms with van der Waals surface area (Å²) in [7, 11) is 1.59. The quantitative estimate of drug-likeness (QED) is 0.701. The van der Waals surface area contributed by atoms with E-state index in [-0.39, 0.29) is 13.1 Å². The maximum atomic E-state index is 12.5. The predicted octanol–water partition coefficient (Wildman–Crippen LogP) is 3.96. The number of para-hydroxylation sites is 1. The van der Waals surface area contributed by atoms with E-state index in [9.17, 15) is 13.6 Å². The van der Waals surface area contributed by atoms with Crippen molar-refractivity contribution in [2.75, 3.05) is 18.9 Å². The minimum Gasteiger partial charge on any atom is -0.397 e. The fourth-order valence-electron chi connectivity index (χ4n) is 2.64. The first-order chi connectivity index (χ1) is 12.4. The Hall–Kier alpha value is -2.73. The lowest BCUT2D eigenvalue weighted by molar-refractivity contribution is 0.0973. The fraction of sp³-hybridized carbons (Fsp3) is 0.250. The molecule has 0 unspecified atom stereocenters. The molecule has 0 bridgehead atoms. The van der Waals surface area contributed by atoms with E-state index < -0.39 is 6.43 Å². The molecular formula is C20H23F2N3O. The molecule has 0 heterocycles. The molecule has 2 aromatic rings. The molecule has 0 radical (unpaired) electrons. The van der Waals surface area contributed by atoms with Crippen molar-refractivity contribution in [2.45, 2.75) is 19.9 Å². The summed E-state index contributed by atoms with van der Waals surface area (Å²) in [5, 5.41) is 3.23. The molecule has 0 aliphatic carbocycles. The molecule has 2 rings (SSSR count). The van der Waals surface area contributed by atoms with Crippen LogP contribution in [-0.4, -0.2) is 31.2 Å². The number of hydrogen-bond acceptors (Lipinski definition) is 4. The lowest BCUT2D eigenvalue weighted by Crippen LogP contribution is -2.24. The average Bonchev–Trinajstić information content (AvgIpc) is 2.61. The summed E-state index contributed by atoms with van der Waals surface area (Å²) >= 11 is 0. The van der Waals surface area contributed by atoms with Gasteiger partial charge in [-0.1, -0.05) is 30.3 Å². The number of hydrogen-bond donors (Lipinski definition) is 2. The number of halogens is 2. The number of anilines is 1. The lowest BCUT2D eigenvalue weighted by Gasteiger charge is -2.18. The third kappa shape index (κ3) is 5.39. The van der Waals surface area contributed by atoms with Gasteiger partial charge >= 0.3 is 0 Å². The normalized spacial score (nSPS) is 12.2. The summed E-state index contributed by atoms with van der Waals surface area (Å²) in [6, 6.07) is 14.8. The van der Waals surface area contributed by atoms with Crippen LogP contribution in [0.2, 0.25) is 0 Å². The number of carbonyl (C=O) groups excluding carboxylic acids is 1. The van der Waals surface area contributed by atoms with Crippen LogP contribution in [0.5, 0.6) is 0 Å². The van der Waals surface area contributed by atoms with Gasteiger partial charge in [0.1, 0.15) is 6.29 Å². The number of rotatable bonds is 8. The zero-order valence-electron chi connectivity index (χ0n) is 14.9. The summed E-state index contributed by atoms with van der Waals surface area (Å²) in [4.78, 5) is 12.7. The van der Waals surface area contributed by atoms with Crippen LogP contribution >= 0.6 is 0 Å². The second kappa shape index (κ2) is 9.10. The third-order valence-corrected chi connectivity index (χ3v) is 3.98. The van der Waals surface area contributed by atoms with E-state index in [0.29, 0.717) is 16.8 Å². The van der Waals surface area contributed by atoms with E-state index in [1.54, 1.807) is 25.2 Å². The summed E-state index contributed by atoms with van der Waals surface area (Å²) in [6.45, 7) is 1.74. The second-order valence-corrected chi connectivity index (χ2v) is 6.15. The lowest BCUT2D eigenvalue weighted by atomic mass is 10.0. The van der Waals surface area contributed by atoms with Crippen molar-refractivity contribution >= 4 is 17.7 Å². The highest BCUT2D eigenvalue weighted by molar-refractivity contribution is 5.79. The molecule has 4 nitrogen and oxygen atoms in total. The van der Waals surface area contributed by atoms with Crippen molar-refractivity contribution in [1.82, 2.24) is 4.90 Å². The second-order valence-electron chi connectivity index (χ2n) is 6.15. The van der Waals surface area contributed by atoms with Crippen molar-refractivity contribution in [3.05, 3.63) is 70.9 Å². The van der Waals surface area contributed by atoms with Gasteiger partial charge in [0, 0.05) is 23.5 Å². The van der Waals surface area contributed by atoms with Crippen molar-refractivity contribution in [2.24, 2.45) is 5.73 Å². The first kappa shape index (κ1) is 19.6. The molecule has 3 N–H and O–H groups in total. The molecule has 0 saturated carbocycles. The van der Waals surface area contributed by atoms with Gasteiger partial charge in [-0.2, -0.15) is 0 Å². The monoisotopic (exact) mass is 359 g/mol. The molecule has 0 aromatic heterocycles. The van der Waals surface area contributed by atoms with Crippen LogP contribution < -0.4 is 11.1 Å². The van der Waals surface area contributed by atoms with Gasteiger partial charge < -0.3 is 11.1 Å². The molecule has 0 aliphatic rings. The molecule has 0 amide bonds. The van der Waals surface area contributed by atoms with Gasteiger partial charge in [0.2, 0.25) is 0 Å². The molecule has 6 heteroatoms. The van der Waals surface area contributed by atoms with Crippen molar-refractivity contribution < 1.29 is 13.6 Å². The Balaban J connectivity index is 2.26. The number of alkyl halides is 2. The van der Waals surface area contributed by atoms with E-state index in [0.717, 1.165) is 23.2 Å². The topological polar surface area (TPSA) is 58.4 Å². The molecular weight excluding hydrogens is 336 g/mol. The van der Waals surface area contributed by atoms with Crippen molar-refractivity contribution in [3.63, 3.8) is 0 Å². The Morgan fingerprint density at radius 2 is 1.92 bits per heavy atom. The molecule has 0 atom stereocenters. The Kier molecular flexibility index (Phi) is 6.86. The molecule has 138 valence electrons. The van der Waals surface area contributed by atoms with Gasteiger partial charge in [0.05, 0.1) is 12.2 Å². The summed E-state index contributed by atoms with van der Waals surface area (Å²) in [6.07, 6.45) is -1.70. The number of nitrogens with two attached hydrogens (primary N) is 1. The summed E-state index contributed by atoms with van der Waals surface area (Å²) < 4.78 is 25.1. The van der Waals surface area contributed by atoms with E-state index >= 15 is 0 Å². The van der Waals surface area contributed by atoms with Crippen LogP contribution in [-0.2, 0) is 6.54 Å². The first-order valence-corrected chi connectivity index (χ1v) is 8.24. The van der Waals surface area contributed by atoms with Gasteiger partial charge in [0.25, 0.3) is 6.43 Å². The largest absolute Gasteiger partial charge is 0.397 e. The van der Waals surface area contributed by atoms with E-state index in [2.05, 4.69) is 5.32 Å².